The molecule has 0 atom stereocenters. The van der Waals surface area contributed by atoms with Crippen LogP contribution in [0.3, 0.4) is 0 Å². The van der Waals surface area contributed by atoms with E-state index in [1.165, 1.54) is 12.6 Å². The van der Waals surface area contributed by atoms with Crippen LogP contribution in [0, 0.1) is 0 Å². The number of rotatable bonds is 7. The summed E-state index contributed by atoms with van der Waals surface area (Å²) in [6.45, 7) is 3.79. The first-order valence-corrected chi connectivity index (χ1v) is 7.57. The minimum absolute atomic E-state index is 1.12. The molecule has 0 rings (SSSR count). The monoisotopic (exact) mass is 233 g/mol. The molecule has 0 fully saturated rings. The van der Waals surface area contributed by atoms with E-state index in [1.54, 1.807) is 0 Å². The molecule has 0 aromatic heterocycles. The summed E-state index contributed by atoms with van der Waals surface area (Å²) in [7, 11) is 11.6. The van der Waals surface area contributed by atoms with Crippen LogP contribution in [0.25, 0.3) is 0 Å². The minimum atomic E-state index is -1.61. The van der Waals surface area contributed by atoms with Crippen molar-refractivity contribution in [3.63, 3.8) is 0 Å². The fourth-order valence-corrected chi connectivity index (χ4v) is 6.77. The van der Waals surface area contributed by atoms with Crippen molar-refractivity contribution >= 4 is 7.71 Å². The molecule has 0 amide bonds. The van der Waals surface area contributed by atoms with Crippen LogP contribution in [0.2, 0.25) is 0 Å². The first-order valence-electron chi connectivity index (χ1n) is 5.52. The second-order valence-corrected chi connectivity index (χ2v) is 9.37. The summed E-state index contributed by atoms with van der Waals surface area (Å²) in [5.74, 6) is 0. The van der Waals surface area contributed by atoms with Crippen LogP contribution < -0.4 is 0 Å². The van der Waals surface area contributed by atoms with E-state index in [-0.39, 0.29) is 0 Å². The van der Waals surface area contributed by atoms with Crippen LogP contribution in [0.15, 0.2) is 12.7 Å². The maximum atomic E-state index is 3.79. The molecule has 0 radical (unpaired) electrons. The normalized spacial score (nSPS) is 13.9. The molecule has 0 aromatic rings. The molecule has 0 aliphatic carbocycles. The molecule has 3 nitrogen and oxygen atoms in total. The molecule has 0 heterocycles. The van der Waals surface area contributed by atoms with Crippen LogP contribution in [-0.2, 0) is 0 Å². The van der Waals surface area contributed by atoms with Crippen LogP contribution in [0.4, 0.5) is 0 Å². The number of unbranched alkanes of at least 4 members (excludes halogenated alkanes) is 1. The van der Waals surface area contributed by atoms with Crippen LogP contribution in [0.1, 0.15) is 12.8 Å². The summed E-state index contributed by atoms with van der Waals surface area (Å²) < 4.78 is 7.24. The van der Waals surface area contributed by atoms with Gasteiger partial charge in [-0.25, -0.2) is 0 Å². The first kappa shape index (κ1) is 15.0. The van der Waals surface area contributed by atoms with Crippen molar-refractivity contribution in [2.75, 3.05) is 48.4 Å². The molecule has 0 aliphatic heterocycles. The zero-order chi connectivity index (χ0) is 12.1. The van der Waals surface area contributed by atoms with Crippen molar-refractivity contribution in [2.45, 2.75) is 12.8 Å². The third kappa shape index (κ3) is 3.53. The Bertz CT molecular complexity index is 168. The summed E-state index contributed by atoms with van der Waals surface area (Å²) >= 11 is 0. The number of hydrogen-bond donors (Lipinski definition) is 0. The quantitative estimate of drug-likeness (QED) is 0.379. The third-order valence-corrected chi connectivity index (χ3v) is 8.39. The van der Waals surface area contributed by atoms with Gasteiger partial charge in [-0.1, -0.05) is 0 Å². The fraction of sp³-hybridized carbons (Fsp3) is 0.818. The second kappa shape index (κ2) is 6.59. The van der Waals surface area contributed by atoms with Crippen LogP contribution >= 0.6 is 7.71 Å². The zero-order valence-electron chi connectivity index (χ0n) is 11.2. The van der Waals surface area contributed by atoms with Gasteiger partial charge in [0.2, 0.25) is 0 Å². The van der Waals surface area contributed by atoms with Gasteiger partial charge in [-0.3, -0.25) is 0 Å². The van der Waals surface area contributed by atoms with Gasteiger partial charge in [-0.2, -0.15) is 0 Å². The predicted molar refractivity (Wildman–Crippen MR) is 73.7 cm³/mol. The molecule has 0 aliphatic rings. The molecule has 0 spiro atoms. The summed E-state index contributed by atoms with van der Waals surface area (Å²) in [5.41, 5.74) is 0. The molecule has 0 saturated carbocycles. The van der Waals surface area contributed by atoms with Gasteiger partial charge in [0.25, 0.3) is 0 Å². The van der Waals surface area contributed by atoms with Gasteiger partial charge in [0.15, 0.2) is 0 Å². The average molecular weight is 233 g/mol. The summed E-state index contributed by atoms with van der Waals surface area (Å²) in [5, 5.41) is 0. The molecular weight excluding hydrogens is 205 g/mol. The van der Waals surface area contributed by atoms with E-state index in [4.69, 9.17) is 0 Å². The Kier molecular flexibility index (Phi) is 6.62. The summed E-state index contributed by atoms with van der Waals surface area (Å²) in [6, 6.07) is 0. The Morgan fingerprint density at radius 2 is 1.33 bits per heavy atom. The fourth-order valence-electron chi connectivity index (χ4n) is 2.35. The number of nitrogens with zero attached hydrogens (tertiary/aromatic N) is 3. The summed E-state index contributed by atoms with van der Waals surface area (Å²) in [4.78, 5) is 0. The topological polar surface area (TPSA) is 9.72 Å². The number of hydrogen-bond acceptors (Lipinski definition) is 3. The molecule has 92 valence electrons. The van der Waals surface area contributed by atoms with E-state index in [1.807, 2.05) is 6.08 Å². The van der Waals surface area contributed by atoms with Gasteiger partial charge in [-0.15, -0.1) is 0 Å². The van der Waals surface area contributed by atoms with Gasteiger partial charge in [0, 0.05) is 0 Å². The molecule has 0 bridgehead atoms. The molecule has 0 saturated heterocycles. The van der Waals surface area contributed by atoms with E-state index < -0.39 is 7.71 Å². The SMILES string of the molecule is C=CCCC[PH](N(C)C)(N(C)C)N(C)C. The van der Waals surface area contributed by atoms with Crippen molar-refractivity contribution in [1.29, 1.82) is 0 Å². The average Bonchev–Trinajstić information content (AvgIpc) is 2.10. The molecule has 0 unspecified atom stereocenters. The Balaban J connectivity index is 4.72. The molecular formula is C11H28N3P. The molecule has 0 N–H and O–H groups in total. The van der Waals surface area contributed by atoms with Crippen molar-refractivity contribution in [2.24, 2.45) is 0 Å². The van der Waals surface area contributed by atoms with E-state index in [0.717, 1.165) is 6.42 Å². The van der Waals surface area contributed by atoms with Gasteiger partial charge in [0.1, 0.15) is 0 Å². The molecule has 15 heavy (non-hydrogen) atoms. The predicted octanol–water partition coefficient (Wildman–Crippen LogP) is 2.13. The maximum absolute atomic E-state index is 3.79. The summed E-state index contributed by atoms with van der Waals surface area (Å²) in [6.07, 6.45) is 5.61. The van der Waals surface area contributed by atoms with E-state index in [9.17, 15) is 0 Å². The standard InChI is InChI=1S/C11H28N3P/c1-8-9-10-11-15(12(2)3,13(4)5)14(6)7/h8,15H,1,9-11H2,2-7H3. The first-order chi connectivity index (χ1) is 6.89. The van der Waals surface area contributed by atoms with Crippen LogP contribution in [-0.4, -0.2) is 62.5 Å². The van der Waals surface area contributed by atoms with E-state index in [0.29, 0.717) is 0 Å². The van der Waals surface area contributed by atoms with Gasteiger partial charge in [-0.05, 0) is 0 Å². The second-order valence-electron chi connectivity index (χ2n) is 4.64. The number of allylic oxidation sites excluding steroid dienone is 1. The van der Waals surface area contributed by atoms with E-state index >= 15 is 0 Å². The Labute approximate surface area is 96.2 Å². The van der Waals surface area contributed by atoms with Crippen molar-refractivity contribution in [1.82, 2.24) is 14.0 Å². The van der Waals surface area contributed by atoms with Gasteiger partial charge < -0.3 is 0 Å². The van der Waals surface area contributed by atoms with Crippen molar-refractivity contribution < 1.29 is 0 Å². The Morgan fingerprint density at radius 3 is 1.60 bits per heavy atom. The van der Waals surface area contributed by atoms with Gasteiger partial charge >= 0.3 is 95.7 Å². The Hall–Kier alpha value is 0.0500. The molecule has 4 heteroatoms. The Morgan fingerprint density at radius 1 is 0.933 bits per heavy atom. The van der Waals surface area contributed by atoms with Crippen molar-refractivity contribution in [3.05, 3.63) is 12.7 Å². The van der Waals surface area contributed by atoms with Crippen molar-refractivity contribution in [3.8, 4) is 0 Å². The van der Waals surface area contributed by atoms with E-state index in [2.05, 4.69) is 62.9 Å². The van der Waals surface area contributed by atoms with Crippen LogP contribution in [0.5, 0.6) is 0 Å². The molecule has 0 aromatic carbocycles. The third-order valence-electron chi connectivity index (χ3n) is 3.07. The zero-order valence-corrected chi connectivity index (χ0v) is 12.2. The van der Waals surface area contributed by atoms with Gasteiger partial charge in [0.05, 0.1) is 0 Å².